The van der Waals surface area contributed by atoms with Crippen molar-refractivity contribution in [2.45, 2.75) is 38.4 Å². The van der Waals surface area contributed by atoms with Crippen LogP contribution in [0.1, 0.15) is 31.5 Å². The van der Waals surface area contributed by atoms with Crippen LogP contribution in [0.5, 0.6) is 0 Å². The summed E-state index contributed by atoms with van der Waals surface area (Å²) >= 11 is 0. The Labute approximate surface area is 90.6 Å². The van der Waals surface area contributed by atoms with Gasteiger partial charge in [0.15, 0.2) is 0 Å². The molecular weight excluding hydrogens is 190 g/mol. The highest BCUT2D eigenvalue weighted by Crippen LogP contribution is 2.35. The second-order valence-corrected chi connectivity index (χ2v) is 4.26. The first-order valence-corrected chi connectivity index (χ1v) is 5.54. The van der Waals surface area contributed by atoms with Gasteiger partial charge in [-0.25, -0.2) is 4.98 Å². The molecule has 2 rings (SSSR count). The highest BCUT2D eigenvalue weighted by Gasteiger charge is 2.24. The van der Waals surface area contributed by atoms with Gasteiger partial charge in [0.2, 0.25) is 0 Å². The smallest absolute Gasteiger partial charge is 0.0951 e. The van der Waals surface area contributed by atoms with Gasteiger partial charge in [0.05, 0.1) is 18.6 Å². The summed E-state index contributed by atoms with van der Waals surface area (Å²) in [5, 5.41) is 3.42. The van der Waals surface area contributed by atoms with Crippen molar-refractivity contribution in [1.29, 1.82) is 0 Å². The number of aromatic nitrogens is 2. The molecule has 4 nitrogen and oxygen atoms in total. The maximum atomic E-state index is 5.08. The van der Waals surface area contributed by atoms with Gasteiger partial charge in [-0.1, -0.05) is 0 Å². The average molecular weight is 209 g/mol. The number of rotatable bonds is 6. The average Bonchev–Trinajstić information content (AvgIpc) is 2.96. The third-order valence-electron chi connectivity index (χ3n) is 2.73. The molecule has 1 N–H and O–H groups in total. The molecule has 0 saturated heterocycles. The van der Waals surface area contributed by atoms with Gasteiger partial charge in [-0.2, -0.15) is 0 Å². The van der Waals surface area contributed by atoms with E-state index in [1.165, 1.54) is 18.5 Å². The quantitative estimate of drug-likeness (QED) is 0.768. The van der Waals surface area contributed by atoms with Crippen LogP contribution in [-0.4, -0.2) is 29.3 Å². The summed E-state index contributed by atoms with van der Waals surface area (Å²) in [6.07, 6.45) is 6.49. The van der Waals surface area contributed by atoms with Crippen LogP contribution in [0, 0.1) is 0 Å². The van der Waals surface area contributed by atoms with Crippen LogP contribution in [0.3, 0.4) is 0 Å². The Morgan fingerprint density at radius 1 is 1.67 bits per heavy atom. The van der Waals surface area contributed by atoms with Crippen molar-refractivity contribution in [2.24, 2.45) is 0 Å². The topological polar surface area (TPSA) is 39.1 Å². The number of ether oxygens (including phenoxy) is 1. The number of hydrogen-bond acceptors (Lipinski definition) is 3. The monoisotopic (exact) mass is 209 g/mol. The normalized spacial score (nSPS) is 18.0. The summed E-state index contributed by atoms with van der Waals surface area (Å²) in [5.74, 6) is 0. The van der Waals surface area contributed by atoms with Gasteiger partial charge in [-0.05, 0) is 19.8 Å². The zero-order valence-electron chi connectivity index (χ0n) is 9.44. The Balaban J connectivity index is 1.84. The number of nitrogens with zero attached hydrogens (tertiary/aromatic N) is 2. The van der Waals surface area contributed by atoms with Gasteiger partial charge in [-0.3, -0.25) is 0 Å². The molecule has 1 atom stereocenters. The molecule has 0 radical (unpaired) electrons. The maximum Gasteiger partial charge on any atom is 0.0951 e. The van der Waals surface area contributed by atoms with E-state index >= 15 is 0 Å². The first-order chi connectivity index (χ1) is 7.31. The first kappa shape index (κ1) is 10.6. The SMILES string of the molecule is COCC(C)NCc1cncn1C1CC1. The zero-order chi connectivity index (χ0) is 10.7. The lowest BCUT2D eigenvalue weighted by Crippen LogP contribution is -2.30. The largest absolute Gasteiger partial charge is 0.383 e. The summed E-state index contributed by atoms with van der Waals surface area (Å²) in [7, 11) is 1.73. The standard InChI is InChI=1S/C11H19N3O/c1-9(7-15-2)13-6-11-5-12-8-14(11)10-3-4-10/h5,8-10,13H,3-4,6-7H2,1-2H3. The molecule has 0 aromatic carbocycles. The number of methoxy groups -OCH3 is 1. The van der Waals surface area contributed by atoms with Crippen molar-refractivity contribution in [3.05, 3.63) is 18.2 Å². The fourth-order valence-electron chi connectivity index (χ4n) is 1.74. The van der Waals surface area contributed by atoms with E-state index in [1.807, 2.05) is 12.5 Å². The summed E-state index contributed by atoms with van der Waals surface area (Å²) in [4.78, 5) is 4.20. The maximum absolute atomic E-state index is 5.08. The van der Waals surface area contributed by atoms with Gasteiger partial charge in [0.25, 0.3) is 0 Å². The van der Waals surface area contributed by atoms with Gasteiger partial charge < -0.3 is 14.6 Å². The lowest BCUT2D eigenvalue weighted by molar-refractivity contribution is 0.171. The molecule has 1 aliphatic carbocycles. The molecular formula is C11H19N3O. The Morgan fingerprint density at radius 3 is 3.13 bits per heavy atom. The lowest BCUT2D eigenvalue weighted by atomic mass is 10.3. The van der Waals surface area contributed by atoms with Crippen molar-refractivity contribution in [3.8, 4) is 0 Å². The molecule has 0 amide bonds. The molecule has 1 aliphatic rings. The van der Waals surface area contributed by atoms with Crippen LogP contribution < -0.4 is 5.32 Å². The highest BCUT2D eigenvalue weighted by molar-refractivity contribution is 5.03. The predicted octanol–water partition coefficient (Wildman–Crippen LogP) is 1.34. The van der Waals surface area contributed by atoms with E-state index in [9.17, 15) is 0 Å². The molecule has 0 bridgehead atoms. The molecule has 4 heteroatoms. The molecule has 1 heterocycles. The molecule has 1 saturated carbocycles. The molecule has 1 unspecified atom stereocenters. The van der Waals surface area contributed by atoms with Crippen LogP contribution in [0.25, 0.3) is 0 Å². The molecule has 1 aromatic rings. The number of hydrogen-bond donors (Lipinski definition) is 1. The van der Waals surface area contributed by atoms with Crippen LogP contribution in [-0.2, 0) is 11.3 Å². The van der Waals surface area contributed by atoms with Crippen LogP contribution >= 0.6 is 0 Å². The number of nitrogens with one attached hydrogen (secondary N) is 1. The molecule has 15 heavy (non-hydrogen) atoms. The Kier molecular flexibility index (Phi) is 3.38. The van der Waals surface area contributed by atoms with Gasteiger partial charge in [-0.15, -0.1) is 0 Å². The summed E-state index contributed by atoms with van der Waals surface area (Å²) < 4.78 is 7.36. The third-order valence-corrected chi connectivity index (χ3v) is 2.73. The fourth-order valence-corrected chi connectivity index (χ4v) is 1.74. The van der Waals surface area contributed by atoms with E-state index in [0.29, 0.717) is 12.1 Å². The summed E-state index contributed by atoms with van der Waals surface area (Å²) in [6.45, 7) is 3.75. The second kappa shape index (κ2) is 4.77. The van der Waals surface area contributed by atoms with E-state index < -0.39 is 0 Å². The van der Waals surface area contributed by atoms with Crippen molar-refractivity contribution in [3.63, 3.8) is 0 Å². The van der Waals surface area contributed by atoms with Crippen LogP contribution in [0.15, 0.2) is 12.5 Å². The summed E-state index contributed by atoms with van der Waals surface area (Å²) in [5.41, 5.74) is 1.28. The molecule has 0 aliphatic heterocycles. The van der Waals surface area contributed by atoms with Gasteiger partial charge in [0.1, 0.15) is 0 Å². The van der Waals surface area contributed by atoms with E-state index in [1.54, 1.807) is 7.11 Å². The van der Waals surface area contributed by atoms with E-state index in [2.05, 4.69) is 21.8 Å². The van der Waals surface area contributed by atoms with Crippen molar-refractivity contribution in [2.75, 3.05) is 13.7 Å². The summed E-state index contributed by atoms with van der Waals surface area (Å²) in [6, 6.07) is 1.10. The Bertz CT molecular complexity index is 307. The van der Waals surface area contributed by atoms with E-state index in [4.69, 9.17) is 4.74 Å². The first-order valence-electron chi connectivity index (χ1n) is 5.54. The van der Waals surface area contributed by atoms with Crippen molar-refractivity contribution in [1.82, 2.24) is 14.9 Å². The minimum atomic E-state index is 0.387. The molecule has 0 spiro atoms. The van der Waals surface area contributed by atoms with Crippen molar-refractivity contribution >= 4 is 0 Å². The zero-order valence-corrected chi connectivity index (χ0v) is 9.44. The molecule has 84 valence electrons. The Morgan fingerprint density at radius 2 is 2.47 bits per heavy atom. The minimum Gasteiger partial charge on any atom is -0.383 e. The molecule has 1 aromatic heterocycles. The van der Waals surface area contributed by atoms with Gasteiger partial charge >= 0.3 is 0 Å². The lowest BCUT2D eigenvalue weighted by Gasteiger charge is -2.13. The Hall–Kier alpha value is -0.870. The molecule has 1 fully saturated rings. The third kappa shape index (κ3) is 2.79. The van der Waals surface area contributed by atoms with Gasteiger partial charge in [0, 0.05) is 31.9 Å². The second-order valence-electron chi connectivity index (χ2n) is 4.26. The number of imidazole rings is 1. The highest BCUT2D eigenvalue weighted by atomic mass is 16.5. The van der Waals surface area contributed by atoms with Crippen LogP contribution in [0.2, 0.25) is 0 Å². The van der Waals surface area contributed by atoms with Crippen molar-refractivity contribution < 1.29 is 4.74 Å². The van der Waals surface area contributed by atoms with E-state index in [0.717, 1.165) is 13.2 Å². The fraction of sp³-hybridized carbons (Fsp3) is 0.727. The van der Waals surface area contributed by atoms with E-state index in [-0.39, 0.29) is 0 Å². The van der Waals surface area contributed by atoms with Crippen LogP contribution in [0.4, 0.5) is 0 Å². The predicted molar refractivity (Wildman–Crippen MR) is 58.7 cm³/mol. The minimum absolute atomic E-state index is 0.387.